The number of hydrogen-bond acceptors (Lipinski definition) is 0. The van der Waals surface area contributed by atoms with Gasteiger partial charge in [0.2, 0.25) is 0 Å². The molecule has 0 aliphatic carbocycles. The third-order valence-electron chi connectivity index (χ3n) is 5.02. The average Bonchev–Trinajstić information content (AvgIpc) is 2.70. The summed E-state index contributed by atoms with van der Waals surface area (Å²) in [7, 11) is -2.05. The first-order valence-corrected chi connectivity index (χ1v) is 11.0. The molecular weight excluding hydrogens is 422 g/mol. The summed E-state index contributed by atoms with van der Waals surface area (Å²) in [6.45, 7) is 3.83. The molecule has 3 aromatic carbocycles. The molecule has 0 N–H and O–H groups in total. The fraction of sp³-hybridized carbons (Fsp3) is 0.217. The Morgan fingerprint density at radius 2 is 0.867 bits per heavy atom. The third kappa shape index (κ3) is 4.21. The molecule has 0 saturated carbocycles. The van der Waals surface area contributed by atoms with Gasteiger partial charge in [0, 0.05) is 0 Å². The lowest BCUT2D eigenvalue weighted by atomic mass is 10.2. The van der Waals surface area contributed by atoms with Crippen LogP contribution in [0.2, 0.25) is 0 Å². The van der Waals surface area contributed by atoms with Crippen LogP contribution in [0.3, 0.4) is 0 Å². The van der Waals surface area contributed by atoms with Crippen LogP contribution in [0, 0.1) is 6.92 Å². The van der Waals surface area contributed by atoms with Crippen LogP contribution in [-0.4, -0.2) is 5.75 Å². The topological polar surface area (TPSA) is 0 Å². The minimum Gasteiger partial charge on any atom is -0.166 e. The summed E-state index contributed by atoms with van der Waals surface area (Å²) in [5.41, 5.74) is -0.498. The largest absolute Gasteiger partial charge is 0.416 e. The molecule has 0 aliphatic heterocycles. The molecule has 0 unspecified atom stereocenters. The molecule has 0 amide bonds. The molecule has 0 atom stereocenters. The Morgan fingerprint density at radius 3 is 1.13 bits per heavy atom. The van der Waals surface area contributed by atoms with Crippen LogP contribution < -0.4 is 0 Å². The highest BCUT2D eigenvalue weighted by Crippen LogP contribution is 2.68. The molecular formula is C23H20F6S. The molecule has 0 fully saturated rings. The Morgan fingerprint density at radius 1 is 0.567 bits per heavy atom. The van der Waals surface area contributed by atoms with Gasteiger partial charge in [-0.1, -0.05) is 24.6 Å². The van der Waals surface area contributed by atoms with E-state index in [0.717, 1.165) is 34.7 Å². The number of benzene rings is 3. The summed E-state index contributed by atoms with van der Waals surface area (Å²) in [5.74, 6) is 0.535. The monoisotopic (exact) mass is 442 g/mol. The molecule has 0 bridgehead atoms. The van der Waals surface area contributed by atoms with Gasteiger partial charge in [0.15, 0.2) is 0 Å². The van der Waals surface area contributed by atoms with Gasteiger partial charge in [-0.05, 0) is 88.0 Å². The first-order valence-electron chi connectivity index (χ1n) is 9.21. The van der Waals surface area contributed by atoms with Crippen molar-refractivity contribution in [3.05, 3.63) is 89.5 Å². The second-order valence-electron chi connectivity index (χ2n) is 6.89. The van der Waals surface area contributed by atoms with E-state index >= 15 is 0 Å². The second kappa shape index (κ2) is 8.02. The molecule has 0 radical (unpaired) electrons. The molecule has 160 valence electrons. The van der Waals surface area contributed by atoms with Crippen molar-refractivity contribution in [3.63, 3.8) is 0 Å². The summed E-state index contributed by atoms with van der Waals surface area (Å²) in [4.78, 5) is 2.22. The van der Waals surface area contributed by atoms with Gasteiger partial charge in [0.05, 0.1) is 11.1 Å². The summed E-state index contributed by atoms with van der Waals surface area (Å²) < 4.78 is 78.3. The zero-order valence-corrected chi connectivity index (χ0v) is 17.1. The van der Waals surface area contributed by atoms with E-state index in [1.54, 1.807) is 0 Å². The fourth-order valence-corrected chi connectivity index (χ4v) is 7.05. The lowest BCUT2D eigenvalue weighted by molar-refractivity contribution is -0.138. The zero-order chi connectivity index (χ0) is 22.2. The Labute approximate surface area is 172 Å². The molecule has 30 heavy (non-hydrogen) atoms. The fourth-order valence-electron chi connectivity index (χ4n) is 3.43. The summed E-state index contributed by atoms with van der Waals surface area (Å²) in [6.07, 6.45) is -8.91. The Kier molecular flexibility index (Phi) is 5.96. The first kappa shape index (κ1) is 22.3. The van der Waals surface area contributed by atoms with E-state index in [2.05, 4.69) is 0 Å². The van der Waals surface area contributed by atoms with Crippen LogP contribution in [0.25, 0.3) is 0 Å². The van der Waals surface area contributed by atoms with Crippen molar-refractivity contribution in [1.29, 1.82) is 0 Å². The maximum absolute atomic E-state index is 13.0. The quantitative estimate of drug-likeness (QED) is 0.356. The summed E-state index contributed by atoms with van der Waals surface area (Å²) in [6, 6.07) is 17.5. The summed E-state index contributed by atoms with van der Waals surface area (Å²) >= 11 is 0. The van der Waals surface area contributed by atoms with E-state index in [1.165, 1.54) is 24.3 Å². The molecule has 0 nitrogen and oxygen atoms in total. The van der Waals surface area contributed by atoms with E-state index in [1.807, 2.05) is 38.1 Å². The van der Waals surface area contributed by atoms with Gasteiger partial charge in [0.1, 0.15) is 0 Å². The van der Waals surface area contributed by atoms with E-state index in [0.29, 0.717) is 15.5 Å². The maximum atomic E-state index is 13.0. The molecule has 0 aliphatic rings. The van der Waals surface area contributed by atoms with Gasteiger partial charge in [-0.15, -0.1) is 0 Å². The minimum atomic E-state index is -4.46. The van der Waals surface area contributed by atoms with Crippen LogP contribution in [0.5, 0.6) is 0 Å². The van der Waals surface area contributed by atoms with E-state index in [4.69, 9.17) is 0 Å². The predicted octanol–water partition coefficient (Wildman–Crippen LogP) is 8.33. The van der Waals surface area contributed by atoms with Gasteiger partial charge >= 0.3 is 12.4 Å². The third-order valence-corrected chi connectivity index (χ3v) is 9.12. The lowest BCUT2D eigenvalue weighted by Crippen LogP contribution is -2.10. The van der Waals surface area contributed by atoms with Crippen LogP contribution in [0.15, 0.2) is 87.5 Å². The van der Waals surface area contributed by atoms with Crippen molar-refractivity contribution in [2.45, 2.75) is 40.9 Å². The van der Waals surface area contributed by atoms with Gasteiger partial charge < -0.3 is 0 Å². The van der Waals surface area contributed by atoms with Crippen molar-refractivity contribution in [2.75, 3.05) is 5.75 Å². The second-order valence-corrected chi connectivity index (χ2v) is 10.4. The molecule has 3 aromatic rings. The SMILES string of the molecule is CCS(c1ccc(C)cc1)(c1ccc(C(F)(F)F)cc1)c1ccc(C(F)(F)F)cc1. The number of rotatable bonds is 4. The average molecular weight is 442 g/mol. The van der Waals surface area contributed by atoms with Crippen LogP contribution in [0.1, 0.15) is 23.6 Å². The van der Waals surface area contributed by atoms with Crippen molar-refractivity contribution in [1.82, 2.24) is 0 Å². The molecule has 3 rings (SSSR count). The van der Waals surface area contributed by atoms with Gasteiger partial charge in [0.25, 0.3) is 0 Å². The van der Waals surface area contributed by atoms with Crippen molar-refractivity contribution < 1.29 is 26.3 Å². The highest BCUT2D eigenvalue weighted by molar-refractivity contribution is 8.33. The molecule has 7 heteroatoms. The highest BCUT2D eigenvalue weighted by atomic mass is 32.3. The van der Waals surface area contributed by atoms with Crippen LogP contribution >= 0.6 is 10.0 Å². The Bertz CT molecular complexity index is 927. The summed E-state index contributed by atoms with van der Waals surface area (Å²) in [5, 5.41) is 0. The van der Waals surface area contributed by atoms with Crippen molar-refractivity contribution >= 4 is 10.0 Å². The number of hydrogen-bond donors (Lipinski definition) is 0. The normalized spacial score (nSPS) is 13.3. The van der Waals surface area contributed by atoms with Gasteiger partial charge in [-0.25, -0.2) is 0 Å². The first-order chi connectivity index (χ1) is 14.0. The molecule has 0 spiro atoms. The standard InChI is InChI=1S/C23H20F6S/c1-3-30(19-10-4-16(2)5-11-19,20-12-6-17(7-13-20)22(24,25)26)21-14-8-18(9-15-21)23(27,28)29/h4-15H,3H2,1-2H3. The molecule has 0 saturated heterocycles. The van der Waals surface area contributed by atoms with Gasteiger partial charge in [-0.3, -0.25) is 0 Å². The maximum Gasteiger partial charge on any atom is 0.416 e. The molecule has 0 heterocycles. The number of alkyl halides is 6. The predicted molar refractivity (Wildman–Crippen MR) is 107 cm³/mol. The minimum absolute atomic E-state index is 0.535. The van der Waals surface area contributed by atoms with E-state index < -0.39 is 33.5 Å². The lowest BCUT2D eigenvalue weighted by Gasteiger charge is -2.41. The number of halogens is 6. The number of aryl methyl sites for hydroxylation is 1. The van der Waals surface area contributed by atoms with Gasteiger partial charge in [-0.2, -0.15) is 36.4 Å². The Hall–Kier alpha value is -2.41. The Balaban J connectivity index is 2.22. The smallest absolute Gasteiger partial charge is 0.166 e. The molecule has 0 aromatic heterocycles. The van der Waals surface area contributed by atoms with Crippen LogP contribution in [0.4, 0.5) is 26.3 Å². The van der Waals surface area contributed by atoms with Crippen molar-refractivity contribution in [2.24, 2.45) is 0 Å². The highest BCUT2D eigenvalue weighted by Gasteiger charge is 2.35. The van der Waals surface area contributed by atoms with E-state index in [9.17, 15) is 26.3 Å². The van der Waals surface area contributed by atoms with Crippen LogP contribution in [-0.2, 0) is 12.4 Å². The van der Waals surface area contributed by atoms with E-state index in [-0.39, 0.29) is 0 Å². The van der Waals surface area contributed by atoms with Crippen molar-refractivity contribution in [3.8, 4) is 0 Å². The zero-order valence-electron chi connectivity index (χ0n) is 16.3.